The number of nitrogens with two attached hydrogens (primary N) is 1. The molecular weight excluding hydrogens is 210 g/mol. The molecule has 0 radical (unpaired) electrons. The number of rotatable bonds is 1. The van der Waals surface area contributed by atoms with E-state index in [4.69, 9.17) is 5.73 Å². The molecule has 0 aliphatic rings. The maximum atomic E-state index is 5.90. The van der Waals surface area contributed by atoms with E-state index in [-0.39, 0.29) is 0 Å². The minimum atomic E-state index is 0.730. The summed E-state index contributed by atoms with van der Waals surface area (Å²) in [5.41, 5.74) is 10.8. The molecule has 0 unspecified atom stereocenters. The van der Waals surface area contributed by atoms with Crippen molar-refractivity contribution in [2.45, 2.75) is 6.92 Å². The monoisotopic (exact) mass is 223 g/mol. The lowest BCUT2D eigenvalue weighted by atomic mass is 10.1. The van der Waals surface area contributed by atoms with Crippen molar-refractivity contribution in [3.8, 4) is 11.3 Å². The SMILES string of the molecule is Cc1ccc(-c2n[nH]c3c(N)cccc23)cc1. The Hall–Kier alpha value is -2.29. The first-order chi connectivity index (χ1) is 8.25. The summed E-state index contributed by atoms with van der Waals surface area (Å²) in [5.74, 6) is 0. The van der Waals surface area contributed by atoms with Crippen LogP contribution in [0.3, 0.4) is 0 Å². The highest BCUT2D eigenvalue weighted by Crippen LogP contribution is 2.28. The van der Waals surface area contributed by atoms with Crippen LogP contribution in [-0.4, -0.2) is 10.2 Å². The predicted octanol–water partition coefficient (Wildman–Crippen LogP) is 3.12. The predicted molar refractivity (Wildman–Crippen MR) is 70.7 cm³/mol. The fourth-order valence-corrected chi connectivity index (χ4v) is 2.00. The van der Waals surface area contributed by atoms with Gasteiger partial charge in [-0.3, -0.25) is 5.10 Å². The fraction of sp³-hybridized carbons (Fsp3) is 0.0714. The van der Waals surface area contributed by atoms with Crippen LogP contribution in [0.25, 0.3) is 22.2 Å². The van der Waals surface area contributed by atoms with E-state index in [1.807, 2.05) is 18.2 Å². The van der Waals surface area contributed by atoms with Gasteiger partial charge in [-0.05, 0) is 13.0 Å². The van der Waals surface area contributed by atoms with Crippen LogP contribution in [0.5, 0.6) is 0 Å². The van der Waals surface area contributed by atoms with Gasteiger partial charge in [0.2, 0.25) is 0 Å². The molecule has 0 fully saturated rings. The van der Waals surface area contributed by atoms with Gasteiger partial charge in [0.25, 0.3) is 0 Å². The third-order valence-electron chi connectivity index (χ3n) is 2.96. The summed E-state index contributed by atoms with van der Waals surface area (Å²) in [4.78, 5) is 0. The van der Waals surface area contributed by atoms with Crippen molar-refractivity contribution in [3.05, 3.63) is 48.0 Å². The number of fused-ring (bicyclic) bond motifs is 1. The summed E-state index contributed by atoms with van der Waals surface area (Å²) in [5, 5.41) is 8.41. The van der Waals surface area contributed by atoms with Crippen LogP contribution >= 0.6 is 0 Å². The number of nitrogens with zero attached hydrogens (tertiary/aromatic N) is 1. The van der Waals surface area contributed by atoms with Gasteiger partial charge in [-0.15, -0.1) is 0 Å². The van der Waals surface area contributed by atoms with E-state index in [9.17, 15) is 0 Å². The molecule has 17 heavy (non-hydrogen) atoms. The number of H-pyrrole nitrogens is 1. The smallest absolute Gasteiger partial charge is 0.1000 e. The molecule has 1 aromatic heterocycles. The summed E-state index contributed by atoms with van der Waals surface area (Å²) in [7, 11) is 0. The lowest BCUT2D eigenvalue weighted by Crippen LogP contribution is -1.85. The topological polar surface area (TPSA) is 54.7 Å². The highest BCUT2D eigenvalue weighted by molar-refractivity contribution is 5.98. The molecule has 84 valence electrons. The average molecular weight is 223 g/mol. The summed E-state index contributed by atoms with van der Waals surface area (Å²) in [6.45, 7) is 2.07. The zero-order valence-electron chi connectivity index (χ0n) is 9.57. The first-order valence-corrected chi connectivity index (χ1v) is 5.55. The molecule has 3 heteroatoms. The number of hydrogen-bond donors (Lipinski definition) is 2. The third kappa shape index (κ3) is 1.56. The minimum absolute atomic E-state index is 0.730. The number of aromatic nitrogens is 2. The Bertz CT molecular complexity index is 666. The third-order valence-corrected chi connectivity index (χ3v) is 2.96. The highest BCUT2D eigenvalue weighted by Gasteiger charge is 2.08. The normalized spacial score (nSPS) is 10.9. The molecule has 0 aliphatic carbocycles. The summed E-state index contributed by atoms with van der Waals surface area (Å²) in [6, 6.07) is 14.2. The van der Waals surface area contributed by atoms with Crippen molar-refractivity contribution in [1.82, 2.24) is 10.2 Å². The van der Waals surface area contributed by atoms with E-state index in [0.717, 1.165) is 27.8 Å². The first kappa shape index (κ1) is 9.90. The van der Waals surface area contributed by atoms with Crippen molar-refractivity contribution >= 4 is 16.6 Å². The Morgan fingerprint density at radius 3 is 2.59 bits per heavy atom. The van der Waals surface area contributed by atoms with Crippen molar-refractivity contribution in [3.63, 3.8) is 0 Å². The zero-order valence-corrected chi connectivity index (χ0v) is 9.57. The second-order valence-corrected chi connectivity index (χ2v) is 4.21. The number of nitrogens with one attached hydrogen (secondary N) is 1. The maximum Gasteiger partial charge on any atom is 0.1000 e. The van der Waals surface area contributed by atoms with Gasteiger partial charge < -0.3 is 5.73 Å². The number of hydrogen-bond acceptors (Lipinski definition) is 2. The van der Waals surface area contributed by atoms with Gasteiger partial charge in [-0.2, -0.15) is 5.10 Å². The lowest BCUT2D eigenvalue weighted by molar-refractivity contribution is 1.12. The summed E-state index contributed by atoms with van der Waals surface area (Å²) < 4.78 is 0. The Labute approximate surface area is 99.3 Å². The van der Waals surface area contributed by atoms with Crippen molar-refractivity contribution < 1.29 is 0 Å². The Morgan fingerprint density at radius 1 is 1.06 bits per heavy atom. The summed E-state index contributed by atoms with van der Waals surface area (Å²) >= 11 is 0. The van der Waals surface area contributed by atoms with Crippen LogP contribution in [-0.2, 0) is 0 Å². The average Bonchev–Trinajstić information content (AvgIpc) is 2.75. The van der Waals surface area contributed by atoms with Crippen LogP contribution in [0.2, 0.25) is 0 Å². The second-order valence-electron chi connectivity index (χ2n) is 4.21. The van der Waals surface area contributed by atoms with Crippen LogP contribution < -0.4 is 5.73 Å². The summed E-state index contributed by atoms with van der Waals surface area (Å²) in [6.07, 6.45) is 0. The molecule has 0 saturated carbocycles. The Kier molecular flexibility index (Phi) is 2.11. The minimum Gasteiger partial charge on any atom is -0.397 e. The van der Waals surface area contributed by atoms with E-state index < -0.39 is 0 Å². The lowest BCUT2D eigenvalue weighted by Gasteiger charge is -1.99. The molecule has 0 bridgehead atoms. The second kappa shape index (κ2) is 3.63. The van der Waals surface area contributed by atoms with E-state index in [1.165, 1.54) is 5.56 Å². The highest BCUT2D eigenvalue weighted by atomic mass is 15.1. The van der Waals surface area contributed by atoms with E-state index >= 15 is 0 Å². The van der Waals surface area contributed by atoms with Gasteiger partial charge in [0.15, 0.2) is 0 Å². The number of nitrogen functional groups attached to an aromatic ring is 1. The molecule has 0 saturated heterocycles. The molecule has 0 aliphatic heterocycles. The quantitative estimate of drug-likeness (QED) is 0.623. The van der Waals surface area contributed by atoms with Gasteiger partial charge in [0.05, 0.1) is 16.9 Å². The molecule has 3 N–H and O–H groups in total. The number of para-hydroxylation sites is 1. The number of aromatic amines is 1. The van der Waals surface area contributed by atoms with Crippen LogP contribution in [0.1, 0.15) is 5.56 Å². The number of aryl methyl sites for hydroxylation is 1. The molecule has 3 aromatic rings. The molecule has 0 amide bonds. The zero-order chi connectivity index (χ0) is 11.8. The van der Waals surface area contributed by atoms with Crippen molar-refractivity contribution in [1.29, 1.82) is 0 Å². The van der Waals surface area contributed by atoms with Crippen molar-refractivity contribution in [2.24, 2.45) is 0 Å². The van der Waals surface area contributed by atoms with Gasteiger partial charge in [0, 0.05) is 10.9 Å². The maximum absolute atomic E-state index is 5.90. The molecule has 3 nitrogen and oxygen atoms in total. The largest absolute Gasteiger partial charge is 0.397 e. The van der Waals surface area contributed by atoms with E-state index in [1.54, 1.807) is 0 Å². The fourth-order valence-electron chi connectivity index (χ4n) is 2.00. The molecular formula is C14H13N3. The van der Waals surface area contributed by atoms with Gasteiger partial charge in [-0.1, -0.05) is 42.0 Å². The molecule has 3 rings (SSSR count). The Morgan fingerprint density at radius 2 is 1.82 bits per heavy atom. The van der Waals surface area contributed by atoms with Crippen LogP contribution in [0.15, 0.2) is 42.5 Å². The molecule has 1 heterocycles. The standard InChI is InChI=1S/C14H13N3/c1-9-5-7-10(8-6-9)13-11-3-2-4-12(15)14(11)17-16-13/h2-8H,15H2,1H3,(H,16,17). The number of benzene rings is 2. The first-order valence-electron chi connectivity index (χ1n) is 5.55. The van der Waals surface area contributed by atoms with Crippen LogP contribution in [0, 0.1) is 6.92 Å². The van der Waals surface area contributed by atoms with Gasteiger partial charge in [0.1, 0.15) is 0 Å². The van der Waals surface area contributed by atoms with Crippen LogP contribution in [0.4, 0.5) is 5.69 Å². The van der Waals surface area contributed by atoms with Gasteiger partial charge in [-0.25, -0.2) is 0 Å². The van der Waals surface area contributed by atoms with Gasteiger partial charge >= 0.3 is 0 Å². The molecule has 0 atom stereocenters. The Balaban J connectivity index is 2.24. The number of anilines is 1. The molecule has 2 aromatic carbocycles. The van der Waals surface area contributed by atoms with E-state index in [2.05, 4.69) is 41.4 Å². The van der Waals surface area contributed by atoms with Crippen molar-refractivity contribution in [2.75, 3.05) is 5.73 Å². The van der Waals surface area contributed by atoms with E-state index in [0.29, 0.717) is 0 Å². The molecule has 0 spiro atoms.